The first kappa shape index (κ1) is 14.1. The number of ether oxygens (including phenoxy) is 1. The predicted octanol–water partition coefficient (Wildman–Crippen LogP) is 1.24. The van der Waals surface area contributed by atoms with Gasteiger partial charge >= 0.3 is 5.97 Å². The van der Waals surface area contributed by atoms with Crippen LogP contribution in [0.15, 0.2) is 33.6 Å². The molecule has 0 atom stereocenters. The van der Waals surface area contributed by atoms with Gasteiger partial charge in [0.25, 0.3) is 0 Å². The topological polar surface area (TPSA) is 63.7 Å². The first-order valence-corrected chi connectivity index (χ1v) is 6.90. The van der Waals surface area contributed by atoms with Gasteiger partial charge < -0.3 is 4.74 Å². The Kier molecular flexibility index (Phi) is 4.67. The SMILES string of the molecule is COC(=O)CN(C)S(=O)(=O)c1cccc(Br)c1. The lowest BCUT2D eigenvalue weighted by Gasteiger charge is -2.15. The number of carbonyl (C=O) groups excluding carboxylic acids is 1. The van der Waals surface area contributed by atoms with Crippen LogP contribution in [-0.2, 0) is 19.6 Å². The van der Waals surface area contributed by atoms with Crippen molar-refractivity contribution in [3.05, 3.63) is 28.7 Å². The lowest BCUT2D eigenvalue weighted by Crippen LogP contribution is -2.32. The van der Waals surface area contributed by atoms with E-state index in [1.165, 1.54) is 26.3 Å². The first-order valence-electron chi connectivity index (χ1n) is 4.66. The summed E-state index contributed by atoms with van der Waals surface area (Å²) < 4.78 is 30.1. The molecule has 0 aromatic heterocycles. The van der Waals surface area contributed by atoms with Gasteiger partial charge in [-0.15, -0.1) is 0 Å². The van der Waals surface area contributed by atoms with Crippen molar-refractivity contribution in [2.75, 3.05) is 20.7 Å². The minimum Gasteiger partial charge on any atom is -0.468 e. The highest BCUT2D eigenvalue weighted by molar-refractivity contribution is 9.10. The Morgan fingerprint density at radius 2 is 2.12 bits per heavy atom. The molecule has 0 radical (unpaired) electrons. The summed E-state index contributed by atoms with van der Waals surface area (Å²) in [5.74, 6) is -0.605. The fourth-order valence-electron chi connectivity index (χ4n) is 1.14. The van der Waals surface area contributed by atoms with E-state index in [1.54, 1.807) is 12.1 Å². The van der Waals surface area contributed by atoms with E-state index < -0.39 is 16.0 Å². The first-order chi connectivity index (χ1) is 7.87. The van der Waals surface area contributed by atoms with Crippen LogP contribution in [0.3, 0.4) is 0 Å². The van der Waals surface area contributed by atoms with E-state index in [1.807, 2.05) is 0 Å². The molecule has 5 nitrogen and oxygen atoms in total. The highest BCUT2D eigenvalue weighted by Crippen LogP contribution is 2.18. The van der Waals surface area contributed by atoms with Crippen LogP contribution >= 0.6 is 15.9 Å². The van der Waals surface area contributed by atoms with Crippen LogP contribution in [0.5, 0.6) is 0 Å². The van der Waals surface area contributed by atoms with Crippen molar-refractivity contribution in [3.8, 4) is 0 Å². The average molecular weight is 322 g/mol. The molecule has 1 rings (SSSR count). The fraction of sp³-hybridized carbons (Fsp3) is 0.300. The Morgan fingerprint density at radius 3 is 2.65 bits per heavy atom. The van der Waals surface area contributed by atoms with Crippen molar-refractivity contribution < 1.29 is 17.9 Å². The second-order valence-electron chi connectivity index (χ2n) is 3.29. The molecule has 0 bridgehead atoms. The van der Waals surface area contributed by atoms with Gasteiger partial charge in [0.15, 0.2) is 0 Å². The largest absolute Gasteiger partial charge is 0.468 e. The summed E-state index contributed by atoms with van der Waals surface area (Å²) in [6.07, 6.45) is 0. The third kappa shape index (κ3) is 3.52. The van der Waals surface area contributed by atoms with Crippen molar-refractivity contribution in [2.45, 2.75) is 4.90 Å². The number of rotatable bonds is 4. The number of hydrogen-bond donors (Lipinski definition) is 0. The monoisotopic (exact) mass is 321 g/mol. The van der Waals surface area contributed by atoms with Crippen molar-refractivity contribution in [1.29, 1.82) is 0 Å². The van der Waals surface area contributed by atoms with E-state index in [9.17, 15) is 13.2 Å². The van der Waals surface area contributed by atoms with Crippen molar-refractivity contribution >= 4 is 31.9 Å². The van der Waals surface area contributed by atoms with E-state index in [-0.39, 0.29) is 11.4 Å². The molecule has 0 aliphatic carbocycles. The molecular formula is C10H12BrNO4S. The molecule has 0 saturated heterocycles. The van der Waals surface area contributed by atoms with Crippen LogP contribution in [0.25, 0.3) is 0 Å². The van der Waals surface area contributed by atoms with Crippen LogP contribution in [0, 0.1) is 0 Å². The fourth-order valence-corrected chi connectivity index (χ4v) is 2.85. The molecule has 0 aliphatic rings. The summed E-state index contributed by atoms with van der Waals surface area (Å²) in [5.41, 5.74) is 0. The van der Waals surface area contributed by atoms with Gasteiger partial charge in [-0.3, -0.25) is 4.79 Å². The minimum absolute atomic E-state index is 0.123. The normalized spacial score (nSPS) is 11.5. The van der Waals surface area contributed by atoms with E-state index >= 15 is 0 Å². The molecule has 0 aliphatic heterocycles. The highest BCUT2D eigenvalue weighted by Gasteiger charge is 2.23. The summed E-state index contributed by atoms with van der Waals surface area (Å²) in [6, 6.07) is 6.28. The van der Waals surface area contributed by atoms with Crippen LogP contribution in [0.2, 0.25) is 0 Å². The third-order valence-corrected chi connectivity index (χ3v) is 4.38. The minimum atomic E-state index is -3.66. The van der Waals surface area contributed by atoms with Gasteiger partial charge in [-0.25, -0.2) is 8.42 Å². The molecule has 0 N–H and O–H groups in total. The highest BCUT2D eigenvalue weighted by atomic mass is 79.9. The van der Waals surface area contributed by atoms with E-state index in [0.29, 0.717) is 4.47 Å². The quantitative estimate of drug-likeness (QED) is 0.783. The number of benzene rings is 1. The van der Waals surface area contributed by atoms with Gasteiger partial charge in [-0.1, -0.05) is 22.0 Å². The molecule has 0 spiro atoms. The summed E-state index contributed by atoms with van der Waals surface area (Å²) in [7, 11) is -1.13. The Bertz CT molecular complexity index is 515. The molecule has 0 fully saturated rings. The third-order valence-electron chi connectivity index (χ3n) is 2.08. The Balaban J connectivity index is 2.99. The standard InChI is InChI=1S/C10H12BrNO4S/c1-12(7-10(13)16-2)17(14,15)9-5-3-4-8(11)6-9/h3-6H,7H2,1-2H3. The van der Waals surface area contributed by atoms with E-state index in [4.69, 9.17) is 0 Å². The summed E-state index contributed by atoms with van der Waals surface area (Å²) in [6.45, 7) is -0.314. The van der Waals surface area contributed by atoms with Gasteiger partial charge in [0.05, 0.1) is 12.0 Å². The van der Waals surface area contributed by atoms with Gasteiger partial charge in [0.2, 0.25) is 10.0 Å². The molecule has 7 heteroatoms. The van der Waals surface area contributed by atoms with Gasteiger partial charge in [0, 0.05) is 11.5 Å². The molecule has 17 heavy (non-hydrogen) atoms. The number of nitrogens with zero attached hydrogens (tertiary/aromatic N) is 1. The van der Waals surface area contributed by atoms with Crippen LogP contribution in [0.4, 0.5) is 0 Å². The number of hydrogen-bond acceptors (Lipinski definition) is 4. The Morgan fingerprint density at radius 1 is 1.47 bits per heavy atom. The molecule has 0 saturated carbocycles. The van der Waals surface area contributed by atoms with Crippen LogP contribution in [-0.4, -0.2) is 39.4 Å². The smallest absolute Gasteiger partial charge is 0.321 e. The van der Waals surface area contributed by atoms with Gasteiger partial charge in [-0.2, -0.15) is 4.31 Å². The zero-order chi connectivity index (χ0) is 13.1. The molecule has 94 valence electrons. The van der Waals surface area contributed by atoms with Crippen molar-refractivity contribution in [3.63, 3.8) is 0 Å². The maximum Gasteiger partial charge on any atom is 0.321 e. The summed E-state index contributed by atoms with van der Waals surface area (Å²) in [4.78, 5) is 11.2. The second-order valence-corrected chi connectivity index (χ2v) is 6.26. The summed E-state index contributed by atoms with van der Waals surface area (Å²) >= 11 is 3.19. The number of halogens is 1. The van der Waals surface area contributed by atoms with Gasteiger partial charge in [-0.05, 0) is 18.2 Å². The van der Waals surface area contributed by atoms with Crippen molar-refractivity contribution in [2.24, 2.45) is 0 Å². The molecule has 0 amide bonds. The zero-order valence-electron chi connectivity index (χ0n) is 9.38. The maximum atomic E-state index is 12.0. The van der Waals surface area contributed by atoms with Crippen LogP contribution < -0.4 is 0 Å². The molecule has 1 aromatic rings. The Hall–Kier alpha value is -0.920. The lowest BCUT2D eigenvalue weighted by atomic mass is 10.4. The number of sulfonamides is 1. The van der Waals surface area contributed by atoms with Gasteiger partial charge in [0.1, 0.15) is 6.54 Å². The molecule has 1 aromatic carbocycles. The lowest BCUT2D eigenvalue weighted by molar-refractivity contribution is -0.140. The number of esters is 1. The molecule has 0 unspecified atom stereocenters. The average Bonchev–Trinajstić information content (AvgIpc) is 2.28. The second kappa shape index (κ2) is 5.61. The number of carbonyl (C=O) groups is 1. The number of likely N-dealkylation sites (N-methyl/N-ethyl adjacent to an activating group) is 1. The van der Waals surface area contributed by atoms with E-state index in [2.05, 4.69) is 20.7 Å². The molecule has 0 heterocycles. The van der Waals surface area contributed by atoms with Crippen molar-refractivity contribution in [1.82, 2.24) is 4.31 Å². The van der Waals surface area contributed by atoms with Crippen LogP contribution in [0.1, 0.15) is 0 Å². The summed E-state index contributed by atoms with van der Waals surface area (Å²) in [5, 5.41) is 0. The zero-order valence-corrected chi connectivity index (χ0v) is 11.8. The molecular weight excluding hydrogens is 310 g/mol. The maximum absolute atomic E-state index is 12.0. The Labute approximate surface area is 109 Å². The predicted molar refractivity (Wildman–Crippen MR) is 66.0 cm³/mol. The number of methoxy groups -OCH3 is 1. The van der Waals surface area contributed by atoms with E-state index in [0.717, 1.165) is 4.31 Å².